The number of nitrogens with zero attached hydrogens (tertiary/aromatic N) is 10. The number of aromatic nitrogens is 8. The Morgan fingerprint density at radius 3 is 2.57 bits per heavy atom. The fraction of sp³-hybridized carbons (Fsp3) is 0.364. The number of rotatable bonds is 6. The van der Waals surface area contributed by atoms with Crippen LogP contribution in [0.4, 0.5) is 0 Å². The highest BCUT2D eigenvalue weighted by atomic mass is 16.2. The van der Waals surface area contributed by atoms with Gasteiger partial charge in [-0.05, 0) is 43.0 Å². The van der Waals surface area contributed by atoms with Gasteiger partial charge in [0, 0.05) is 51.1 Å². The second kappa shape index (κ2) is 11.0. The molecular weight excluding hydrogens is 582 g/mol. The topological polar surface area (TPSA) is 132 Å². The molecule has 234 valence electrons. The summed E-state index contributed by atoms with van der Waals surface area (Å²) in [5.74, 6) is 0.758. The van der Waals surface area contributed by atoms with Crippen molar-refractivity contribution in [1.82, 2.24) is 49.9 Å². The SMILES string of the molecule is Cn1cnc(-c2ccc(C3=CCN(C(=O)C[C@@H]4CC5(CCNC5)C(=O)N4n4nc(-c5cnn(C)n5)c5ccccc54)CC3)cc2)n1. The molecule has 2 atom stereocenters. The Morgan fingerprint density at radius 2 is 1.87 bits per heavy atom. The van der Waals surface area contributed by atoms with Gasteiger partial charge in [-0.3, -0.25) is 14.3 Å². The van der Waals surface area contributed by atoms with Crippen LogP contribution in [0.3, 0.4) is 0 Å². The van der Waals surface area contributed by atoms with Crippen molar-refractivity contribution in [2.24, 2.45) is 19.5 Å². The predicted molar refractivity (Wildman–Crippen MR) is 172 cm³/mol. The van der Waals surface area contributed by atoms with E-state index in [2.05, 4.69) is 43.8 Å². The molecule has 46 heavy (non-hydrogen) atoms. The first kappa shape index (κ1) is 28.3. The molecule has 0 aliphatic carbocycles. The zero-order valence-corrected chi connectivity index (χ0v) is 25.9. The van der Waals surface area contributed by atoms with Gasteiger partial charge in [0.25, 0.3) is 5.91 Å². The van der Waals surface area contributed by atoms with E-state index >= 15 is 0 Å². The Morgan fingerprint density at radius 1 is 1.04 bits per heavy atom. The third-order valence-corrected chi connectivity index (χ3v) is 9.58. The average molecular weight is 618 g/mol. The summed E-state index contributed by atoms with van der Waals surface area (Å²) in [5, 5.41) is 24.1. The number of nitrogens with one attached hydrogen (secondary N) is 1. The Labute approximate surface area is 265 Å². The van der Waals surface area contributed by atoms with Gasteiger partial charge in [-0.15, -0.1) is 5.10 Å². The number of hydrogen-bond acceptors (Lipinski definition) is 8. The van der Waals surface area contributed by atoms with Crippen LogP contribution in [0.15, 0.2) is 67.1 Å². The van der Waals surface area contributed by atoms with Crippen LogP contribution in [0.2, 0.25) is 0 Å². The van der Waals surface area contributed by atoms with Crippen LogP contribution in [-0.4, -0.2) is 88.6 Å². The van der Waals surface area contributed by atoms with E-state index in [9.17, 15) is 9.59 Å². The van der Waals surface area contributed by atoms with Crippen LogP contribution in [0, 0.1) is 5.41 Å². The van der Waals surface area contributed by atoms with Crippen LogP contribution >= 0.6 is 0 Å². The third-order valence-electron chi connectivity index (χ3n) is 9.58. The van der Waals surface area contributed by atoms with E-state index in [0.29, 0.717) is 43.3 Å². The molecule has 5 aromatic rings. The first-order chi connectivity index (χ1) is 22.4. The van der Waals surface area contributed by atoms with Gasteiger partial charge in [-0.25, -0.2) is 9.99 Å². The van der Waals surface area contributed by atoms with Crippen LogP contribution in [-0.2, 0) is 23.7 Å². The Bertz CT molecular complexity index is 1980. The Hall–Kier alpha value is -5.17. The zero-order valence-electron chi connectivity index (χ0n) is 25.9. The van der Waals surface area contributed by atoms with E-state index in [1.54, 1.807) is 34.1 Å². The summed E-state index contributed by atoms with van der Waals surface area (Å²) in [6, 6.07) is 15.8. The van der Waals surface area contributed by atoms with E-state index in [-0.39, 0.29) is 24.3 Å². The summed E-state index contributed by atoms with van der Waals surface area (Å²) in [5.41, 5.74) is 4.87. The van der Waals surface area contributed by atoms with Gasteiger partial charge in [0.1, 0.15) is 17.7 Å². The maximum absolute atomic E-state index is 14.3. The van der Waals surface area contributed by atoms with Crippen molar-refractivity contribution in [2.45, 2.75) is 31.7 Å². The maximum Gasteiger partial charge on any atom is 0.250 e. The normalized spacial score (nSPS) is 21.6. The summed E-state index contributed by atoms with van der Waals surface area (Å²) in [7, 11) is 3.62. The van der Waals surface area contributed by atoms with E-state index in [0.717, 1.165) is 41.4 Å². The molecule has 0 saturated carbocycles. The largest absolute Gasteiger partial charge is 0.339 e. The summed E-state index contributed by atoms with van der Waals surface area (Å²) >= 11 is 0. The first-order valence-electron chi connectivity index (χ1n) is 15.7. The molecular formula is C33H35N11O2. The van der Waals surface area contributed by atoms with Gasteiger partial charge in [0.15, 0.2) is 5.82 Å². The molecule has 3 aliphatic rings. The van der Waals surface area contributed by atoms with Crippen LogP contribution in [0.25, 0.3) is 39.3 Å². The van der Waals surface area contributed by atoms with Crippen LogP contribution < -0.4 is 10.3 Å². The molecule has 2 amide bonds. The molecule has 1 unspecified atom stereocenters. The lowest BCUT2D eigenvalue weighted by molar-refractivity contribution is -0.131. The molecule has 0 radical (unpaired) electrons. The maximum atomic E-state index is 14.3. The number of amides is 2. The molecule has 1 spiro atoms. The molecule has 2 saturated heterocycles. The lowest BCUT2D eigenvalue weighted by Gasteiger charge is -2.30. The summed E-state index contributed by atoms with van der Waals surface area (Å²) in [4.78, 5) is 37.6. The van der Waals surface area contributed by atoms with Crippen molar-refractivity contribution >= 4 is 28.3 Å². The van der Waals surface area contributed by atoms with Crippen molar-refractivity contribution < 1.29 is 9.59 Å². The highest BCUT2D eigenvalue weighted by molar-refractivity contribution is 5.99. The first-order valence-corrected chi connectivity index (χ1v) is 15.7. The molecule has 3 aromatic heterocycles. The number of aryl methyl sites for hydroxylation is 2. The van der Waals surface area contributed by atoms with Gasteiger partial charge >= 0.3 is 0 Å². The molecule has 2 fully saturated rings. The smallest absolute Gasteiger partial charge is 0.250 e. The summed E-state index contributed by atoms with van der Waals surface area (Å²) < 4.78 is 1.69. The fourth-order valence-electron chi connectivity index (χ4n) is 7.19. The second-order valence-corrected chi connectivity index (χ2v) is 12.5. The Balaban J connectivity index is 1.04. The highest BCUT2D eigenvalue weighted by Gasteiger charge is 2.55. The minimum absolute atomic E-state index is 0.0134. The quantitative estimate of drug-likeness (QED) is 0.308. The minimum atomic E-state index is -0.545. The van der Waals surface area contributed by atoms with Gasteiger partial charge in [0.2, 0.25) is 5.91 Å². The number of benzene rings is 2. The predicted octanol–water partition coefficient (Wildman–Crippen LogP) is 2.55. The molecule has 13 heteroatoms. The van der Waals surface area contributed by atoms with Gasteiger partial charge < -0.3 is 10.2 Å². The average Bonchev–Trinajstić information content (AvgIpc) is 3.91. The van der Waals surface area contributed by atoms with Crippen LogP contribution in [0.5, 0.6) is 0 Å². The van der Waals surface area contributed by atoms with Crippen molar-refractivity contribution in [3.8, 4) is 22.8 Å². The number of carbonyl (C=O) groups excluding carboxylic acids is 2. The van der Waals surface area contributed by atoms with Gasteiger partial charge in [-0.2, -0.15) is 24.9 Å². The lowest BCUT2D eigenvalue weighted by Crippen LogP contribution is -2.48. The van der Waals surface area contributed by atoms with E-state index in [1.807, 2.05) is 48.3 Å². The van der Waals surface area contributed by atoms with Crippen LogP contribution in [0.1, 0.15) is 31.2 Å². The standard InChI is InChI=1S/C33H35N11O2/c1-40-21-35-31(39-40)24-9-7-22(8-10-24)23-11-15-42(16-12-23)29(45)17-25-18-33(13-14-34-20-33)32(46)43(25)44-28-6-4-3-5-26(28)30(38-44)27-19-36-41(2)37-27/h3-11,19,21,25,34H,12-18,20H2,1-2H3/t25-,33?/m1/s1. The summed E-state index contributed by atoms with van der Waals surface area (Å²) in [6.07, 6.45) is 7.86. The van der Waals surface area contributed by atoms with E-state index in [1.165, 1.54) is 10.4 Å². The lowest BCUT2D eigenvalue weighted by atomic mass is 9.83. The number of carbonyl (C=O) groups is 2. The van der Waals surface area contributed by atoms with Gasteiger partial charge in [-0.1, -0.05) is 48.5 Å². The molecule has 13 nitrogen and oxygen atoms in total. The third kappa shape index (κ3) is 4.78. The molecule has 1 N–H and O–H groups in total. The van der Waals surface area contributed by atoms with Crippen molar-refractivity contribution in [3.05, 3.63) is 72.7 Å². The zero-order chi connectivity index (χ0) is 31.4. The monoisotopic (exact) mass is 617 g/mol. The van der Waals surface area contributed by atoms with Gasteiger partial charge in [0.05, 0.1) is 23.2 Å². The molecule has 2 aromatic carbocycles. The van der Waals surface area contributed by atoms with E-state index in [4.69, 9.17) is 5.10 Å². The molecule has 6 heterocycles. The second-order valence-electron chi connectivity index (χ2n) is 12.5. The molecule has 8 rings (SSSR count). The number of fused-ring (bicyclic) bond motifs is 1. The van der Waals surface area contributed by atoms with Crippen molar-refractivity contribution in [1.29, 1.82) is 0 Å². The number of para-hydroxylation sites is 1. The molecule has 0 bridgehead atoms. The fourth-order valence-corrected chi connectivity index (χ4v) is 7.19. The van der Waals surface area contributed by atoms with Crippen molar-refractivity contribution in [3.63, 3.8) is 0 Å². The molecule has 3 aliphatic heterocycles. The van der Waals surface area contributed by atoms with Crippen molar-refractivity contribution in [2.75, 3.05) is 31.2 Å². The minimum Gasteiger partial charge on any atom is -0.339 e. The highest BCUT2D eigenvalue weighted by Crippen LogP contribution is 2.42. The summed E-state index contributed by atoms with van der Waals surface area (Å²) in [6.45, 7) is 2.55. The van der Waals surface area contributed by atoms with E-state index < -0.39 is 5.41 Å². The number of hydrogen-bond donors (Lipinski definition) is 1. The Kier molecular flexibility index (Phi) is 6.78.